The van der Waals surface area contributed by atoms with Crippen molar-refractivity contribution in [3.05, 3.63) is 35.9 Å². The molecular weight excluding hydrogens is 324 g/mol. The van der Waals surface area contributed by atoms with Gasteiger partial charge < -0.3 is 5.32 Å². The van der Waals surface area contributed by atoms with Crippen LogP contribution in [0.5, 0.6) is 0 Å². The van der Waals surface area contributed by atoms with Gasteiger partial charge in [-0.25, -0.2) is 12.7 Å². The molecule has 0 saturated carbocycles. The summed E-state index contributed by atoms with van der Waals surface area (Å²) in [5.41, 5.74) is 1.08. The third kappa shape index (κ3) is 4.57. The van der Waals surface area contributed by atoms with Gasteiger partial charge in [0.2, 0.25) is 15.9 Å². The van der Waals surface area contributed by atoms with Gasteiger partial charge in [0.05, 0.1) is 17.7 Å². The number of benzene rings is 1. The number of amides is 1. The van der Waals surface area contributed by atoms with Crippen molar-refractivity contribution in [2.45, 2.75) is 39.7 Å². The molecule has 0 aromatic heterocycles. The minimum Gasteiger partial charge on any atom is -0.349 e. The molecule has 1 heterocycles. The first kappa shape index (κ1) is 18.9. The van der Waals surface area contributed by atoms with Crippen molar-refractivity contribution in [3.63, 3.8) is 0 Å². The number of sulfonamides is 1. The lowest BCUT2D eigenvalue weighted by Gasteiger charge is -2.32. The fourth-order valence-electron chi connectivity index (χ4n) is 3.16. The molecular formula is C18H28N2O3S. The third-order valence-corrected chi connectivity index (χ3v) is 6.48. The van der Waals surface area contributed by atoms with Crippen molar-refractivity contribution in [1.82, 2.24) is 9.62 Å². The molecule has 1 saturated heterocycles. The number of carbonyl (C=O) groups excluding carboxylic acids is 1. The van der Waals surface area contributed by atoms with Crippen LogP contribution in [0.2, 0.25) is 0 Å². The third-order valence-electron chi connectivity index (χ3n) is 4.64. The van der Waals surface area contributed by atoms with Crippen LogP contribution in [0.15, 0.2) is 30.3 Å². The molecule has 6 heteroatoms. The van der Waals surface area contributed by atoms with Crippen LogP contribution in [-0.4, -0.2) is 37.5 Å². The number of rotatable bonds is 6. The number of piperidine rings is 1. The molecule has 0 aliphatic carbocycles. The second-order valence-corrected chi connectivity index (χ2v) is 9.00. The number of hydrogen-bond acceptors (Lipinski definition) is 3. The predicted octanol–water partition coefficient (Wildman–Crippen LogP) is 2.56. The monoisotopic (exact) mass is 352 g/mol. The largest absolute Gasteiger partial charge is 0.349 e. The summed E-state index contributed by atoms with van der Waals surface area (Å²) in [6.07, 6.45) is 1.47. The molecule has 0 radical (unpaired) electrons. The van der Waals surface area contributed by atoms with Gasteiger partial charge in [0.25, 0.3) is 0 Å². The molecule has 1 N–H and O–H groups in total. The lowest BCUT2D eigenvalue weighted by molar-refractivity contribution is -0.127. The maximum absolute atomic E-state index is 12.7. The molecule has 5 nitrogen and oxygen atoms in total. The van der Waals surface area contributed by atoms with E-state index in [4.69, 9.17) is 0 Å². The average molecular weight is 353 g/mol. The Balaban J connectivity index is 2.07. The highest BCUT2D eigenvalue weighted by atomic mass is 32.2. The first-order chi connectivity index (χ1) is 11.3. The maximum atomic E-state index is 12.7. The molecule has 0 unspecified atom stereocenters. The molecule has 1 aromatic carbocycles. The van der Waals surface area contributed by atoms with E-state index in [1.807, 2.05) is 30.3 Å². The van der Waals surface area contributed by atoms with Crippen molar-refractivity contribution in [3.8, 4) is 0 Å². The first-order valence-electron chi connectivity index (χ1n) is 8.68. The quantitative estimate of drug-likeness (QED) is 0.856. The van der Waals surface area contributed by atoms with E-state index >= 15 is 0 Å². The minimum atomic E-state index is -3.23. The summed E-state index contributed by atoms with van der Waals surface area (Å²) in [4.78, 5) is 12.7. The van der Waals surface area contributed by atoms with Crippen LogP contribution in [-0.2, 0) is 14.8 Å². The normalized spacial score (nSPS) is 20.8. The van der Waals surface area contributed by atoms with Crippen LogP contribution in [0.1, 0.15) is 45.2 Å². The Morgan fingerprint density at radius 3 is 2.54 bits per heavy atom. The van der Waals surface area contributed by atoms with E-state index < -0.39 is 10.0 Å². The number of hydrogen-bond donors (Lipinski definition) is 1. The topological polar surface area (TPSA) is 66.5 Å². The van der Waals surface area contributed by atoms with Gasteiger partial charge in [0, 0.05) is 13.1 Å². The van der Waals surface area contributed by atoms with Crippen molar-refractivity contribution < 1.29 is 13.2 Å². The van der Waals surface area contributed by atoms with Gasteiger partial charge in [0.1, 0.15) is 0 Å². The van der Waals surface area contributed by atoms with Crippen LogP contribution in [0, 0.1) is 11.8 Å². The Kier molecular flexibility index (Phi) is 6.40. The second-order valence-electron chi connectivity index (χ2n) is 6.74. The van der Waals surface area contributed by atoms with Gasteiger partial charge in [-0.1, -0.05) is 44.2 Å². The smallest absolute Gasteiger partial charge is 0.224 e. The standard InChI is InChI=1S/C18H28N2O3S/c1-4-24(22,23)20-12-8-11-16(13-20)18(21)19-17(14(2)3)15-9-6-5-7-10-15/h5-7,9-10,14,16-17H,4,8,11-13H2,1-3H3,(H,19,21)/t16-,17+/m1/s1. The molecule has 1 fully saturated rings. The van der Waals surface area contributed by atoms with Crippen molar-refractivity contribution in [2.24, 2.45) is 11.8 Å². The lowest BCUT2D eigenvalue weighted by Crippen LogP contribution is -2.46. The SMILES string of the molecule is CCS(=O)(=O)N1CCC[C@@H](C(=O)N[C@H](c2ccccc2)C(C)C)C1. The Labute approximate surface area is 145 Å². The molecule has 1 aliphatic rings. The molecule has 0 bridgehead atoms. The van der Waals surface area contributed by atoms with Crippen molar-refractivity contribution in [2.75, 3.05) is 18.8 Å². The van der Waals surface area contributed by atoms with E-state index in [1.165, 1.54) is 4.31 Å². The fraction of sp³-hybridized carbons (Fsp3) is 0.611. The Bertz CT molecular complexity index is 643. The second kappa shape index (κ2) is 8.12. The highest BCUT2D eigenvalue weighted by Crippen LogP contribution is 2.24. The zero-order chi connectivity index (χ0) is 17.7. The summed E-state index contributed by atoms with van der Waals surface area (Å²) >= 11 is 0. The predicted molar refractivity (Wildman–Crippen MR) is 95.9 cm³/mol. The molecule has 2 atom stereocenters. The van der Waals surface area contributed by atoms with Gasteiger partial charge >= 0.3 is 0 Å². The highest BCUT2D eigenvalue weighted by molar-refractivity contribution is 7.89. The minimum absolute atomic E-state index is 0.0476. The first-order valence-corrected chi connectivity index (χ1v) is 10.3. The molecule has 1 amide bonds. The van der Waals surface area contributed by atoms with E-state index in [9.17, 15) is 13.2 Å². The number of carbonyl (C=O) groups is 1. The summed E-state index contributed by atoms with van der Waals surface area (Å²) < 4.78 is 25.6. The van der Waals surface area contributed by atoms with Gasteiger partial charge in [-0.15, -0.1) is 0 Å². The van der Waals surface area contributed by atoms with Gasteiger partial charge in [-0.2, -0.15) is 0 Å². The van der Waals surface area contributed by atoms with Crippen LogP contribution >= 0.6 is 0 Å². The highest BCUT2D eigenvalue weighted by Gasteiger charge is 2.32. The Morgan fingerprint density at radius 2 is 1.96 bits per heavy atom. The van der Waals surface area contributed by atoms with Gasteiger partial charge in [-0.3, -0.25) is 4.79 Å². The summed E-state index contributed by atoms with van der Waals surface area (Å²) in [6.45, 7) is 6.61. The van der Waals surface area contributed by atoms with Crippen molar-refractivity contribution >= 4 is 15.9 Å². The molecule has 1 aromatic rings. The van der Waals surface area contributed by atoms with Crippen LogP contribution in [0.4, 0.5) is 0 Å². The zero-order valence-electron chi connectivity index (χ0n) is 14.7. The fourth-order valence-corrected chi connectivity index (χ4v) is 4.34. The summed E-state index contributed by atoms with van der Waals surface area (Å²) in [7, 11) is -3.23. The van der Waals surface area contributed by atoms with Crippen LogP contribution in [0.3, 0.4) is 0 Å². The Hall–Kier alpha value is -1.40. The van der Waals surface area contributed by atoms with Gasteiger partial charge in [-0.05, 0) is 31.2 Å². The molecule has 1 aliphatic heterocycles. The summed E-state index contributed by atoms with van der Waals surface area (Å²) in [5, 5.41) is 3.13. The van der Waals surface area contributed by atoms with Gasteiger partial charge in [0.15, 0.2) is 0 Å². The summed E-state index contributed by atoms with van der Waals surface area (Å²) in [6, 6.07) is 9.85. The molecule has 0 spiro atoms. The van der Waals surface area contributed by atoms with Crippen LogP contribution < -0.4 is 5.32 Å². The maximum Gasteiger partial charge on any atom is 0.224 e. The molecule has 2 rings (SSSR count). The van der Waals surface area contributed by atoms with E-state index in [0.717, 1.165) is 18.4 Å². The van der Waals surface area contributed by atoms with E-state index in [0.29, 0.717) is 13.1 Å². The zero-order valence-corrected chi connectivity index (χ0v) is 15.6. The molecule has 24 heavy (non-hydrogen) atoms. The average Bonchev–Trinajstić information content (AvgIpc) is 2.60. The number of nitrogens with zero attached hydrogens (tertiary/aromatic N) is 1. The lowest BCUT2D eigenvalue weighted by atomic mass is 9.93. The Morgan fingerprint density at radius 1 is 1.29 bits per heavy atom. The van der Waals surface area contributed by atoms with E-state index in [-0.39, 0.29) is 29.5 Å². The van der Waals surface area contributed by atoms with E-state index in [1.54, 1.807) is 6.92 Å². The van der Waals surface area contributed by atoms with Crippen LogP contribution in [0.25, 0.3) is 0 Å². The van der Waals surface area contributed by atoms with E-state index in [2.05, 4.69) is 19.2 Å². The number of nitrogens with one attached hydrogen (secondary N) is 1. The summed E-state index contributed by atoms with van der Waals surface area (Å²) in [5.74, 6) is 0.0222. The van der Waals surface area contributed by atoms with Crippen molar-refractivity contribution in [1.29, 1.82) is 0 Å². The molecule has 134 valence electrons.